The first-order chi connectivity index (χ1) is 24.8. The number of fused-ring (bicyclic) bond motifs is 6. The summed E-state index contributed by atoms with van der Waals surface area (Å²) in [6, 6.07) is 63.5. The minimum Gasteiger partial charge on any atom is -0.309 e. The van der Waals surface area contributed by atoms with Gasteiger partial charge in [-0.1, -0.05) is 133 Å². The van der Waals surface area contributed by atoms with Crippen molar-refractivity contribution in [3.8, 4) is 50.3 Å². The van der Waals surface area contributed by atoms with E-state index >= 15 is 0 Å². The van der Waals surface area contributed by atoms with Crippen LogP contribution in [0.4, 0.5) is 0 Å². The van der Waals surface area contributed by atoms with Crippen LogP contribution in [0.15, 0.2) is 182 Å². The van der Waals surface area contributed by atoms with Crippen LogP contribution >= 0.6 is 11.3 Å². The van der Waals surface area contributed by atoms with Crippen LogP contribution < -0.4 is 0 Å². The zero-order valence-electron chi connectivity index (χ0n) is 27.1. The predicted molar refractivity (Wildman–Crippen MR) is 213 cm³/mol. The van der Waals surface area contributed by atoms with Gasteiger partial charge < -0.3 is 4.57 Å². The van der Waals surface area contributed by atoms with E-state index in [0.717, 1.165) is 44.7 Å². The lowest BCUT2D eigenvalue weighted by Gasteiger charge is -2.13. The molecule has 0 aliphatic heterocycles. The van der Waals surface area contributed by atoms with Crippen molar-refractivity contribution in [1.82, 2.24) is 9.55 Å². The lowest BCUT2D eigenvalue weighted by atomic mass is 9.95. The molecule has 2 nitrogen and oxygen atoms in total. The van der Waals surface area contributed by atoms with E-state index in [1.807, 2.05) is 17.5 Å². The van der Waals surface area contributed by atoms with E-state index < -0.39 is 0 Å². The smallest absolute Gasteiger partial charge is 0.0781 e. The Morgan fingerprint density at radius 1 is 0.380 bits per heavy atom. The monoisotopic (exact) mass is 654 g/mol. The van der Waals surface area contributed by atoms with Crippen LogP contribution in [0, 0.1) is 0 Å². The van der Waals surface area contributed by atoms with Crippen LogP contribution in [-0.4, -0.2) is 9.55 Å². The van der Waals surface area contributed by atoms with Gasteiger partial charge in [0.05, 0.1) is 16.7 Å². The van der Waals surface area contributed by atoms with E-state index in [-0.39, 0.29) is 0 Å². The largest absolute Gasteiger partial charge is 0.309 e. The quantitative estimate of drug-likeness (QED) is 0.181. The van der Waals surface area contributed by atoms with Gasteiger partial charge in [0.15, 0.2) is 0 Å². The number of rotatable bonds is 5. The molecule has 0 fully saturated rings. The molecule has 3 heterocycles. The third-order valence-corrected chi connectivity index (χ3v) is 11.0. The highest BCUT2D eigenvalue weighted by molar-refractivity contribution is 7.25. The molecule has 3 aromatic heterocycles. The van der Waals surface area contributed by atoms with Gasteiger partial charge >= 0.3 is 0 Å². The maximum Gasteiger partial charge on any atom is 0.0781 e. The molecule has 50 heavy (non-hydrogen) atoms. The summed E-state index contributed by atoms with van der Waals surface area (Å²) in [5, 5.41) is 5.05. The highest BCUT2D eigenvalue weighted by Gasteiger charge is 2.18. The Balaban J connectivity index is 1.24. The van der Waals surface area contributed by atoms with Crippen molar-refractivity contribution in [3.05, 3.63) is 182 Å². The van der Waals surface area contributed by atoms with Crippen LogP contribution in [0.1, 0.15) is 0 Å². The summed E-state index contributed by atoms with van der Waals surface area (Å²) in [5.74, 6) is 0. The Morgan fingerprint density at radius 3 is 1.68 bits per heavy atom. The zero-order valence-corrected chi connectivity index (χ0v) is 27.9. The first-order valence-corrected chi connectivity index (χ1v) is 17.8. The Bertz CT molecular complexity index is 2850. The molecule has 0 bridgehead atoms. The van der Waals surface area contributed by atoms with Crippen molar-refractivity contribution in [3.63, 3.8) is 0 Å². The minimum absolute atomic E-state index is 0.971. The van der Waals surface area contributed by atoms with E-state index in [1.165, 1.54) is 47.6 Å². The Kier molecular flexibility index (Phi) is 6.71. The Hall–Kier alpha value is -6.29. The van der Waals surface area contributed by atoms with E-state index in [2.05, 4.69) is 180 Å². The fraction of sp³-hybridized carbons (Fsp3) is 0. The lowest BCUT2D eigenvalue weighted by Crippen LogP contribution is -1.95. The number of thiophene rings is 1. The van der Waals surface area contributed by atoms with Crippen molar-refractivity contribution >= 4 is 53.3 Å². The highest BCUT2D eigenvalue weighted by Crippen LogP contribution is 2.41. The van der Waals surface area contributed by atoms with Crippen LogP contribution in [-0.2, 0) is 0 Å². The van der Waals surface area contributed by atoms with Gasteiger partial charge in [-0.15, -0.1) is 11.3 Å². The van der Waals surface area contributed by atoms with Crippen molar-refractivity contribution in [2.45, 2.75) is 0 Å². The summed E-state index contributed by atoms with van der Waals surface area (Å²) in [6.45, 7) is 0. The summed E-state index contributed by atoms with van der Waals surface area (Å²) in [4.78, 5) is 5.18. The second-order valence-corrected chi connectivity index (χ2v) is 13.9. The first kappa shape index (κ1) is 28.7. The van der Waals surface area contributed by atoms with E-state index in [0.29, 0.717) is 0 Å². The summed E-state index contributed by atoms with van der Waals surface area (Å²) in [7, 11) is 0. The van der Waals surface area contributed by atoms with Gasteiger partial charge in [-0.3, -0.25) is 4.98 Å². The van der Waals surface area contributed by atoms with Crippen LogP contribution in [0.2, 0.25) is 0 Å². The lowest BCUT2D eigenvalue weighted by molar-refractivity contribution is 1.19. The Morgan fingerprint density at radius 2 is 0.960 bits per heavy atom. The first-order valence-electron chi connectivity index (χ1n) is 17.0. The fourth-order valence-corrected chi connectivity index (χ4v) is 8.51. The number of pyridine rings is 1. The number of aromatic nitrogens is 2. The third kappa shape index (κ3) is 4.74. The van der Waals surface area contributed by atoms with Crippen molar-refractivity contribution < 1.29 is 0 Å². The molecular formula is C47H30N2S. The van der Waals surface area contributed by atoms with Gasteiger partial charge in [0.25, 0.3) is 0 Å². The minimum atomic E-state index is 0.971. The molecule has 0 saturated heterocycles. The van der Waals surface area contributed by atoms with Crippen LogP contribution in [0.25, 0.3) is 92.3 Å². The fourth-order valence-electron chi connectivity index (χ4n) is 7.43. The molecule has 0 radical (unpaired) electrons. The maximum absolute atomic E-state index is 5.18. The number of benzene rings is 7. The van der Waals surface area contributed by atoms with Crippen LogP contribution in [0.3, 0.4) is 0 Å². The van der Waals surface area contributed by atoms with E-state index in [4.69, 9.17) is 4.98 Å². The Labute approximate surface area is 294 Å². The molecule has 0 unspecified atom stereocenters. The average molecular weight is 655 g/mol. The molecule has 10 rings (SSSR count). The number of hydrogen-bond donors (Lipinski definition) is 0. The highest BCUT2D eigenvalue weighted by atomic mass is 32.1. The molecule has 0 aliphatic rings. The molecule has 0 saturated carbocycles. The van der Waals surface area contributed by atoms with Gasteiger partial charge in [0, 0.05) is 59.5 Å². The molecule has 0 spiro atoms. The molecular weight excluding hydrogens is 625 g/mol. The summed E-state index contributed by atoms with van der Waals surface area (Å²) < 4.78 is 5.07. The summed E-state index contributed by atoms with van der Waals surface area (Å²) >= 11 is 1.86. The van der Waals surface area contributed by atoms with Crippen molar-refractivity contribution in [2.24, 2.45) is 0 Å². The van der Waals surface area contributed by atoms with Gasteiger partial charge in [0.2, 0.25) is 0 Å². The second-order valence-electron chi connectivity index (χ2n) is 12.8. The standard InChI is InChI=1S/C47H30N2S/c1-4-12-31(13-5-1)34-20-23-38-39-24-21-35(47-41(33-16-8-3-9-17-33)26-36(30-48-47)32-14-6-2-7-15-32)28-44(39)49(43(38)27-34)37-22-25-46-42(29-37)40-18-10-11-19-45(40)50-46/h1-30H. The SMILES string of the molecule is c1ccc(-c2cnc(-c3ccc4c5ccc(-c6ccccc6)cc5n(-c5ccc6sc7ccccc7c6c5)c4c3)c(-c3ccccc3)c2)cc1. The zero-order chi connectivity index (χ0) is 33.0. The van der Waals surface area contributed by atoms with Gasteiger partial charge in [-0.05, 0) is 64.7 Å². The van der Waals surface area contributed by atoms with E-state index in [1.54, 1.807) is 0 Å². The molecule has 0 amide bonds. The molecule has 0 N–H and O–H groups in total. The third-order valence-electron chi connectivity index (χ3n) is 9.85. The maximum atomic E-state index is 5.18. The van der Waals surface area contributed by atoms with Gasteiger partial charge in [-0.2, -0.15) is 0 Å². The second kappa shape index (κ2) is 11.7. The normalized spacial score (nSPS) is 11.6. The van der Waals surface area contributed by atoms with Crippen LogP contribution in [0.5, 0.6) is 0 Å². The molecule has 3 heteroatoms. The predicted octanol–water partition coefficient (Wildman–Crippen LogP) is 13.2. The topological polar surface area (TPSA) is 17.8 Å². The van der Waals surface area contributed by atoms with Crippen molar-refractivity contribution in [2.75, 3.05) is 0 Å². The molecule has 234 valence electrons. The van der Waals surface area contributed by atoms with E-state index in [9.17, 15) is 0 Å². The molecule has 0 atom stereocenters. The molecule has 0 aliphatic carbocycles. The average Bonchev–Trinajstić information content (AvgIpc) is 3.73. The summed E-state index contributed by atoms with van der Waals surface area (Å²) in [6.07, 6.45) is 2.01. The molecule has 10 aromatic rings. The summed E-state index contributed by atoms with van der Waals surface area (Å²) in [5.41, 5.74) is 12.5. The number of nitrogens with zero attached hydrogens (tertiary/aromatic N) is 2. The number of hydrogen-bond acceptors (Lipinski definition) is 2. The van der Waals surface area contributed by atoms with Gasteiger partial charge in [-0.25, -0.2) is 0 Å². The van der Waals surface area contributed by atoms with Gasteiger partial charge in [0.1, 0.15) is 0 Å². The van der Waals surface area contributed by atoms with Crippen molar-refractivity contribution in [1.29, 1.82) is 0 Å². The molecule has 7 aromatic carbocycles.